The number of carbonyl (C=O) groups excluding carboxylic acids is 3. The van der Waals surface area contributed by atoms with E-state index >= 15 is 0 Å². The molecule has 2 aliphatic carbocycles. The molecule has 1 saturated carbocycles. The zero-order valence-corrected chi connectivity index (χ0v) is 24.4. The monoisotopic (exact) mass is 537 g/mol. The molecule has 0 saturated heterocycles. The molecular weight excluding hydrogens is 497 g/mol. The molecule has 210 valence electrons. The van der Waals surface area contributed by atoms with E-state index in [1.54, 1.807) is 32.0 Å². The molecule has 1 amide bonds. The third kappa shape index (κ3) is 9.07. The van der Waals surface area contributed by atoms with Gasteiger partial charge in [0.25, 0.3) is 5.91 Å². The van der Waals surface area contributed by atoms with Gasteiger partial charge in [-0.1, -0.05) is 67.5 Å². The number of amides is 1. The van der Waals surface area contributed by atoms with Crippen LogP contribution in [0.25, 0.3) is 5.57 Å². The molecule has 4 rings (SSSR count). The number of Topliss-reactive ketones (excluding diaryl/α,β-unsaturated/α-hetero) is 1. The molecule has 1 aromatic heterocycles. The van der Waals surface area contributed by atoms with Crippen LogP contribution in [-0.2, 0) is 20.7 Å². The topological polar surface area (TPSA) is 81.5 Å². The van der Waals surface area contributed by atoms with Gasteiger partial charge in [0.15, 0.2) is 11.5 Å². The molecule has 0 radical (unpaired) electrons. The van der Waals surface area contributed by atoms with E-state index in [2.05, 4.69) is 29.6 Å². The molecule has 2 aromatic rings. The zero-order chi connectivity index (χ0) is 28.4. The molecule has 0 N–H and O–H groups in total. The van der Waals surface area contributed by atoms with Crippen LogP contribution in [0, 0.1) is 13.8 Å². The second kappa shape index (κ2) is 15.8. The quantitative estimate of drug-likeness (QED) is 0.382. The van der Waals surface area contributed by atoms with Crippen LogP contribution < -0.4 is 18.9 Å². The van der Waals surface area contributed by atoms with E-state index in [4.69, 9.17) is 0 Å². The van der Waals surface area contributed by atoms with Gasteiger partial charge in [0.1, 0.15) is 0 Å². The maximum atomic E-state index is 13.7. The predicted octanol–water partition coefficient (Wildman–Crippen LogP) is 2.90. The second-order valence-electron chi connectivity index (χ2n) is 10.9. The first-order valence-corrected chi connectivity index (χ1v) is 13.6. The summed E-state index contributed by atoms with van der Waals surface area (Å²) in [5.74, 6) is 0.0531. The van der Waals surface area contributed by atoms with Gasteiger partial charge in [0.05, 0.1) is 23.7 Å². The fourth-order valence-corrected chi connectivity index (χ4v) is 4.84. The summed E-state index contributed by atoms with van der Waals surface area (Å²) < 4.78 is 6.38. The molecule has 0 spiro atoms. The Morgan fingerprint density at radius 2 is 1.95 bits per heavy atom. The molecule has 0 bridgehead atoms. The molecule has 8 heteroatoms. The van der Waals surface area contributed by atoms with Crippen molar-refractivity contribution >= 4 is 23.7 Å². The Bertz CT molecular complexity index is 1180. The minimum Gasteiger partial charge on any atom is -0.649 e. The molecule has 1 heterocycles. The van der Waals surface area contributed by atoms with Crippen molar-refractivity contribution in [1.29, 1.82) is 0 Å². The smallest absolute Gasteiger partial charge is 0.649 e. The number of nitrogens with zero attached hydrogens (tertiary/aromatic N) is 3. The van der Waals surface area contributed by atoms with Gasteiger partial charge >= 0.3 is 18.9 Å². The third-order valence-electron chi connectivity index (χ3n) is 6.78. The Kier molecular flexibility index (Phi) is 13.2. The fourth-order valence-electron chi connectivity index (χ4n) is 4.84. The summed E-state index contributed by atoms with van der Waals surface area (Å²) in [4.78, 5) is 42.1. The van der Waals surface area contributed by atoms with Crippen LogP contribution in [0.2, 0.25) is 0 Å². The van der Waals surface area contributed by atoms with Crippen LogP contribution in [0.15, 0.2) is 54.9 Å². The Morgan fingerprint density at radius 3 is 2.50 bits per heavy atom. The fraction of sp³-hybridized carbons (Fsp3) is 0.438. The SMILES string of the molecule is CC(C)(C)O[C-]=O.[CH2-]CN(C(=O)c1ncn([C@@H]2CCCCC2=O)c1C1=CC=CCC1)[C@@H]([CH2-])Cc1ccccc1.[Li+]. The largest absolute Gasteiger partial charge is 1.00 e. The van der Waals surface area contributed by atoms with Gasteiger partial charge in [-0.15, -0.1) is 6.54 Å². The van der Waals surface area contributed by atoms with Gasteiger partial charge in [-0.25, -0.2) is 4.98 Å². The summed E-state index contributed by atoms with van der Waals surface area (Å²) in [5, 5.41) is 0. The summed E-state index contributed by atoms with van der Waals surface area (Å²) in [7, 11) is 0. The first-order valence-electron chi connectivity index (χ1n) is 13.6. The number of ketones is 1. The average molecular weight is 538 g/mol. The molecule has 0 aliphatic heterocycles. The summed E-state index contributed by atoms with van der Waals surface area (Å²) in [6.07, 6.45) is 13.6. The summed E-state index contributed by atoms with van der Waals surface area (Å²) in [6, 6.07) is 9.52. The minimum atomic E-state index is -0.373. The minimum absolute atomic E-state index is 0. The Balaban J connectivity index is 0.000000623. The number of imidazole rings is 1. The molecule has 2 aliphatic rings. The van der Waals surface area contributed by atoms with Gasteiger partial charge in [0, 0.05) is 6.42 Å². The average Bonchev–Trinajstić information content (AvgIpc) is 3.35. The number of allylic oxidation sites excluding steroid dienone is 4. The van der Waals surface area contributed by atoms with E-state index < -0.39 is 0 Å². The van der Waals surface area contributed by atoms with Crippen molar-refractivity contribution in [1.82, 2.24) is 14.5 Å². The summed E-state index contributed by atoms with van der Waals surface area (Å²) in [6.45, 7) is 15.3. The van der Waals surface area contributed by atoms with Crippen molar-refractivity contribution in [2.75, 3.05) is 6.54 Å². The number of hydrogen-bond donors (Lipinski definition) is 0. The van der Waals surface area contributed by atoms with E-state index in [-0.39, 0.29) is 48.2 Å². The standard InChI is InChI=1S/C27H31N3O2.C5H9O2.Li/c1-3-29(20(2)18-21-12-6-4-7-13-21)27(32)25-26(22-14-8-5-9-15-22)30(19-28-25)23-16-10-11-17-24(23)31;1-5(2,3)7-4-6;/h4-8,12-14,19-20,23H,1-3,9-11,15-18H2;1-3H3;/q-2;-1;+1/t20-,23+;;/m0../s1. The van der Waals surface area contributed by atoms with Gasteiger partial charge in [-0.05, 0) is 64.0 Å². The zero-order valence-electron chi connectivity index (χ0n) is 24.4. The van der Waals surface area contributed by atoms with Crippen LogP contribution in [0.4, 0.5) is 0 Å². The summed E-state index contributed by atoms with van der Waals surface area (Å²) >= 11 is 0. The molecule has 0 unspecified atom stereocenters. The predicted molar refractivity (Wildman–Crippen MR) is 153 cm³/mol. The number of aromatic nitrogens is 2. The van der Waals surface area contributed by atoms with E-state index in [1.807, 2.05) is 47.1 Å². The van der Waals surface area contributed by atoms with Gasteiger partial charge in [-0.3, -0.25) is 9.59 Å². The molecule has 2 atom stereocenters. The molecule has 40 heavy (non-hydrogen) atoms. The van der Waals surface area contributed by atoms with Crippen molar-refractivity contribution in [3.63, 3.8) is 0 Å². The molecule has 1 fully saturated rings. The Labute approximate surface area is 251 Å². The van der Waals surface area contributed by atoms with Gasteiger partial charge in [-0.2, -0.15) is 0 Å². The number of ether oxygens (including phenoxy) is 1. The molecular formula is C32H40LiN3O4-2. The van der Waals surface area contributed by atoms with E-state index in [0.717, 1.165) is 48.9 Å². The van der Waals surface area contributed by atoms with E-state index in [0.29, 0.717) is 25.1 Å². The second-order valence-corrected chi connectivity index (χ2v) is 10.9. The van der Waals surface area contributed by atoms with E-state index in [1.165, 1.54) is 6.47 Å². The molecule has 7 nitrogen and oxygen atoms in total. The van der Waals surface area contributed by atoms with Crippen molar-refractivity contribution < 1.29 is 38.0 Å². The van der Waals surface area contributed by atoms with Crippen LogP contribution in [0.5, 0.6) is 0 Å². The number of rotatable bonds is 8. The van der Waals surface area contributed by atoms with Crippen LogP contribution in [-0.4, -0.2) is 50.8 Å². The Hall–Kier alpha value is -2.88. The summed E-state index contributed by atoms with van der Waals surface area (Å²) in [5.41, 5.74) is 2.99. The van der Waals surface area contributed by atoms with Crippen LogP contribution in [0.3, 0.4) is 0 Å². The number of benzene rings is 1. The van der Waals surface area contributed by atoms with Crippen LogP contribution in [0.1, 0.15) is 87.1 Å². The normalized spacial score (nSPS) is 17.5. The first-order chi connectivity index (χ1) is 18.7. The van der Waals surface area contributed by atoms with Crippen molar-refractivity contribution in [3.05, 3.63) is 85.7 Å². The Morgan fingerprint density at radius 1 is 1.23 bits per heavy atom. The van der Waals surface area contributed by atoms with E-state index in [9.17, 15) is 14.4 Å². The third-order valence-corrected chi connectivity index (χ3v) is 6.78. The maximum Gasteiger partial charge on any atom is 1.00 e. The molecule has 1 aromatic carbocycles. The van der Waals surface area contributed by atoms with Crippen LogP contribution >= 0.6 is 0 Å². The van der Waals surface area contributed by atoms with Gasteiger partial charge < -0.3 is 32.8 Å². The van der Waals surface area contributed by atoms with Crippen molar-refractivity contribution in [3.8, 4) is 0 Å². The number of hydrogen-bond acceptors (Lipinski definition) is 5. The van der Waals surface area contributed by atoms with Crippen molar-refractivity contribution in [2.24, 2.45) is 0 Å². The first kappa shape index (κ1) is 33.3. The maximum absolute atomic E-state index is 13.7. The number of carbonyl (C=O) groups is 2. The van der Waals surface area contributed by atoms with Crippen molar-refractivity contribution in [2.45, 2.75) is 83.4 Å². The van der Waals surface area contributed by atoms with Gasteiger partial charge in [0.2, 0.25) is 0 Å².